The minimum Gasteiger partial charge on any atom is -0.493 e. The topological polar surface area (TPSA) is 88.8 Å². The molecule has 4 rings (SSSR count). The number of ether oxygens (including phenoxy) is 1. The average Bonchev–Trinajstić information content (AvgIpc) is 3.25. The van der Waals surface area contributed by atoms with Crippen molar-refractivity contribution in [2.75, 3.05) is 6.61 Å². The van der Waals surface area contributed by atoms with E-state index in [1.807, 2.05) is 83.6 Å². The van der Waals surface area contributed by atoms with E-state index in [0.717, 1.165) is 45.8 Å². The first-order valence-electron chi connectivity index (χ1n) is 12.2. The summed E-state index contributed by atoms with van der Waals surface area (Å²) >= 11 is 0. The van der Waals surface area contributed by atoms with E-state index in [1.54, 1.807) is 6.08 Å². The van der Waals surface area contributed by atoms with Gasteiger partial charge in [-0.15, -0.1) is 0 Å². The van der Waals surface area contributed by atoms with Gasteiger partial charge in [0.1, 0.15) is 5.75 Å². The lowest BCUT2D eigenvalue weighted by atomic mass is 10.0. The van der Waals surface area contributed by atoms with Crippen LogP contribution in [0.1, 0.15) is 35.1 Å². The van der Waals surface area contributed by atoms with Crippen molar-refractivity contribution in [2.24, 2.45) is 0 Å². The van der Waals surface area contributed by atoms with Gasteiger partial charge in [0.25, 0.3) is 0 Å². The number of hydrogen-bond acceptors (Lipinski definition) is 3. The monoisotopic (exact) mass is 495 g/mol. The van der Waals surface area contributed by atoms with Crippen LogP contribution >= 0.6 is 0 Å². The fourth-order valence-corrected chi connectivity index (χ4v) is 4.22. The van der Waals surface area contributed by atoms with E-state index in [4.69, 9.17) is 14.9 Å². The van der Waals surface area contributed by atoms with Crippen LogP contribution in [0.5, 0.6) is 5.75 Å². The molecule has 1 heterocycles. The van der Waals surface area contributed by atoms with Crippen LogP contribution in [0.3, 0.4) is 0 Å². The van der Waals surface area contributed by atoms with Crippen molar-refractivity contribution in [1.82, 2.24) is 4.57 Å². The number of aryl methyl sites for hydroxylation is 1. The number of hydrogen-bond donors (Lipinski definition) is 2. The predicted molar refractivity (Wildman–Crippen MR) is 146 cm³/mol. The second-order valence-electron chi connectivity index (χ2n) is 8.67. The lowest BCUT2D eigenvalue weighted by Gasteiger charge is -2.07. The summed E-state index contributed by atoms with van der Waals surface area (Å²) in [5.74, 6) is -1.04. The van der Waals surface area contributed by atoms with Crippen molar-refractivity contribution in [3.05, 3.63) is 107 Å². The smallest absolute Gasteiger partial charge is 0.328 e. The zero-order chi connectivity index (χ0) is 26.0. The lowest BCUT2D eigenvalue weighted by molar-refractivity contribution is -0.137. The van der Waals surface area contributed by atoms with Gasteiger partial charge in [-0.25, -0.2) is 4.79 Å². The van der Waals surface area contributed by atoms with Crippen LogP contribution in [0.2, 0.25) is 0 Å². The number of aromatic nitrogens is 1. The molecule has 4 aromatic rings. The molecule has 0 fully saturated rings. The molecule has 0 bridgehead atoms. The number of benzene rings is 3. The highest BCUT2D eigenvalue weighted by Crippen LogP contribution is 2.28. The second-order valence-corrected chi connectivity index (χ2v) is 8.67. The van der Waals surface area contributed by atoms with E-state index in [2.05, 4.69) is 12.1 Å². The van der Waals surface area contributed by atoms with Crippen LogP contribution in [-0.2, 0) is 22.6 Å². The Labute approximate surface area is 215 Å². The van der Waals surface area contributed by atoms with Crippen LogP contribution in [0.25, 0.3) is 29.1 Å². The number of aliphatic carboxylic acids is 2. The van der Waals surface area contributed by atoms with Crippen molar-refractivity contribution < 1.29 is 24.5 Å². The van der Waals surface area contributed by atoms with Gasteiger partial charge in [-0.05, 0) is 47.4 Å². The Morgan fingerprint density at radius 2 is 1.62 bits per heavy atom. The number of carboxylic acids is 2. The molecule has 2 N–H and O–H groups in total. The van der Waals surface area contributed by atoms with Gasteiger partial charge in [0.05, 0.1) is 6.61 Å². The molecule has 0 aliphatic rings. The molecule has 0 saturated carbocycles. The van der Waals surface area contributed by atoms with Gasteiger partial charge >= 0.3 is 11.9 Å². The first-order chi connectivity index (χ1) is 18.0. The molecule has 37 heavy (non-hydrogen) atoms. The van der Waals surface area contributed by atoms with Crippen LogP contribution < -0.4 is 4.74 Å². The van der Waals surface area contributed by atoms with Crippen molar-refractivity contribution in [2.45, 2.75) is 25.8 Å². The Bertz CT molecular complexity index is 1420. The lowest BCUT2D eigenvalue weighted by Crippen LogP contribution is -2.01. The van der Waals surface area contributed by atoms with E-state index in [9.17, 15) is 9.59 Å². The Balaban J connectivity index is 1.51. The minimum atomic E-state index is -1.02. The Kier molecular flexibility index (Phi) is 8.55. The van der Waals surface area contributed by atoms with Gasteiger partial charge in [0.2, 0.25) is 0 Å². The van der Waals surface area contributed by atoms with Crippen molar-refractivity contribution >= 4 is 41.1 Å². The normalized spacial score (nSPS) is 11.5. The molecule has 188 valence electrons. The summed E-state index contributed by atoms with van der Waals surface area (Å²) in [6.45, 7) is 1.14. The van der Waals surface area contributed by atoms with Gasteiger partial charge in [-0.3, -0.25) is 4.79 Å². The first-order valence-corrected chi connectivity index (χ1v) is 12.2. The summed E-state index contributed by atoms with van der Waals surface area (Å²) in [4.78, 5) is 22.1. The molecule has 0 atom stereocenters. The number of rotatable bonds is 12. The van der Waals surface area contributed by atoms with Crippen molar-refractivity contribution in [1.29, 1.82) is 0 Å². The number of fused-ring (bicyclic) bond motifs is 1. The summed E-state index contributed by atoms with van der Waals surface area (Å²) < 4.78 is 7.86. The van der Waals surface area contributed by atoms with Crippen LogP contribution in [0, 0.1) is 0 Å². The van der Waals surface area contributed by atoms with Crippen molar-refractivity contribution in [3.8, 4) is 5.75 Å². The Hall–Kier alpha value is -4.58. The van der Waals surface area contributed by atoms with E-state index in [1.165, 1.54) is 5.56 Å². The molecular formula is C31H29NO5. The molecule has 0 aliphatic heterocycles. The first kappa shape index (κ1) is 25.5. The van der Waals surface area contributed by atoms with E-state index in [-0.39, 0.29) is 6.42 Å². The van der Waals surface area contributed by atoms with E-state index in [0.29, 0.717) is 19.6 Å². The Morgan fingerprint density at radius 1 is 0.838 bits per heavy atom. The van der Waals surface area contributed by atoms with Gasteiger partial charge < -0.3 is 19.5 Å². The highest BCUT2D eigenvalue weighted by molar-refractivity contribution is 5.99. The molecule has 0 unspecified atom stereocenters. The maximum atomic E-state index is 11.1. The summed E-state index contributed by atoms with van der Waals surface area (Å²) in [7, 11) is 0. The van der Waals surface area contributed by atoms with E-state index < -0.39 is 11.9 Å². The zero-order valence-corrected chi connectivity index (χ0v) is 20.4. The summed E-state index contributed by atoms with van der Waals surface area (Å²) in [6, 6.07) is 24.0. The zero-order valence-electron chi connectivity index (χ0n) is 20.4. The third-order valence-corrected chi connectivity index (χ3v) is 6.00. The molecular weight excluding hydrogens is 466 g/mol. The number of carbonyl (C=O) groups is 2. The quantitative estimate of drug-likeness (QED) is 0.175. The molecule has 3 aromatic carbocycles. The summed E-state index contributed by atoms with van der Waals surface area (Å²) in [5, 5.41) is 19.0. The largest absolute Gasteiger partial charge is 0.493 e. The van der Waals surface area contributed by atoms with Gasteiger partial charge in [-0.2, -0.15) is 0 Å². The Morgan fingerprint density at radius 3 is 2.35 bits per heavy atom. The third kappa shape index (κ3) is 7.21. The summed E-state index contributed by atoms with van der Waals surface area (Å²) in [6.07, 6.45) is 10.0. The number of carboxylic acid groups (broad SMARTS) is 2. The van der Waals surface area contributed by atoms with Gasteiger partial charge in [0.15, 0.2) is 0 Å². The number of nitrogens with zero attached hydrogens (tertiary/aromatic N) is 1. The maximum absolute atomic E-state index is 11.1. The van der Waals surface area contributed by atoms with Crippen LogP contribution in [-0.4, -0.2) is 33.3 Å². The standard InChI is InChI=1S/C31H29NO5/c33-29(34)10-5-20-32-22-26(15-18-30(35)36)31-25(8-4-9-28(31)32)14-11-24-12-16-27(17-13-24)37-21-19-23-6-2-1-3-7-23/h1-4,6-9,11-18,22H,5,10,19-21H2,(H,33,34)(H,35,36)/b14-11?,18-15+. The minimum absolute atomic E-state index is 0.0749. The second kappa shape index (κ2) is 12.4. The molecule has 0 radical (unpaired) electrons. The van der Waals surface area contributed by atoms with Crippen molar-refractivity contribution in [3.63, 3.8) is 0 Å². The molecule has 6 nitrogen and oxygen atoms in total. The van der Waals surface area contributed by atoms with Crippen LogP contribution in [0.15, 0.2) is 85.1 Å². The highest BCUT2D eigenvalue weighted by Gasteiger charge is 2.11. The predicted octanol–water partition coefficient (Wildman–Crippen LogP) is 6.40. The van der Waals surface area contributed by atoms with Gasteiger partial charge in [-0.1, -0.05) is 66.7 Å². The fourth-order valence-electron chi connectivity index (χ4n) is 4.22. The average molecular weight is 496 g/mol. The fraction of sp³-hybridized carbons (Fsp3) is 0.161. The molecule has 6 heteroatoms. The van der Waals surface area contributed by atoms with Crippen LogP contribution in [0.4, 0.5) is 0 Å². The SMILES string of the molecule is O=C(O)/C=C/c1cn(CCCC(=O)O)c2cccc(C=Cc3ccc(OCCc4ccccc4)cc3)c12. The molecule has 1 aromatic heterocycles. The maximum Gasteiger partial charge on any atom is 0.328 e. The highest BCUT2D eigenvalue weighted by atomic mass is 16.5. The molecule has 0 spiro atoms. The summed E-state index contributed by atoms with van der Waals surface area (Å²) in [5.41, 5.74) is 4.90. The van der Waals surface area contributed by atoms with Gasteiger partial charge in [0, 0.05) is 48.1 Å². The molecule has 0 amide bonds. The van der Waals surface area contributed by atoms with E-state index >= 15 is 0 Å². The molecule has 0 saturated heterocycles. The molecule has 0 aliphatic carbocycles. The third-order valence-electron chi connectivity index (χ3n) is 6.00.